The van der Waals surface area contributed by atoms with Crippen molar-refractivity contribution >= 4 is 0 Å². The second-order valence-electron chi connectivity index (χ2n) is 9.67. The van der Waals surface area contributed by atoms with Crippen LogP contribution in [0.4, 0.5) is 0 Å². The van der Waals surface area contributed by atoms with Gasteiger partial charge in [0.15, 0.2) is 0 Å². The average Bonchev–Trinajstić information content (AvgIpc) is 3.13. The molecule has 0 saturated carbocycles. The minimum absolute atomic E-state index is 0.0841. The van der Waals surface area contributed by atoms with E-state index in [0.29, 0.717) is 0 Å². The lowest BCUT2D eigenvalue weighted by molar-refractivity contribution is -0.746. The molecule has 0 aromatic heterocycles. The zero-order valence-corrected chi connectivity index (χ0v) is 16.4. The van der Waals surface area contributed by atoms with Crippen LogP contribution in [0, 0.1) is 16.2 Å². The minimum atomic E-state index is 0.0841. The van der Waals surface area contributed by atoms with Crippen molar-refractivity contribution in [3.8, 4) is 0 Å². The van der Waals surface area contributed by atoms with Crippen LogP contribution >= 0.6 is 0 Å². The third kappa shape index (κ3) is 1.74. The third-order valence-corrected chi connectivity index (χ3v) is 7.84. The summed E-state index contributed by atoms with van der Waals surface area (Å²) in [6.45, 7) is 15.7. The summed E-state index contributed by atoms with van der Waals surface area (Å²) in [6.07, 6.45) is 15.8. The number of nitrogens with zero attached hydrogens (tertiary/aromatic N) is 1. The molecule has 0 N–H and O–H groups in total. The maximum absolute atomic E-state index is 2.50. The molecular weight excluding hydrogens is 290 g/mol. The van der Waals surface area contributed by atoms with Crippen molar-refractivity contribution in [1.29, 1.82) is 0 Å². The molecule has 1 fully saturated rings. The topological polar surface area (TPSA) is 0 Å². The maximum atomic E-state index is 2.50. The summed E-state index contributed by atoms with van der Waals surface area (Å²) in [5.74, 6) is 0. The van der Waals surface area contributed by atoms with Gasteiger partial charge in [-0.3, -0.25) is 4.48 Å². The number of hydrogen-bond acceptors (Lipinski definition) is 0. The van der Waals surface area contributed by atoms with Crippen LogP contribution in [0.5, 0.6) is 0 Å². The van der Waals surface area contributed by atoms with Gasteiger partial charge < -0.3 is 0 Å². The van der Waals surface area contributed by atoms with Gasteiger partial charge in [0.05, 0.1) is 7.05 Å². The predicted molar refractivity (Wildman–Crippen MR) is 102 cm³/mol. The fourth-order valence-corrected chi connectivity index (χ4v) is 5.61. The smallest absolute Gasteiger partial charge is 0.141 e. The number of quaternary nitrogens is 1. The average molecular weight is 323 g/mol. The molecule has 0 radical (unpaired) electrons. The van der Waals surface area contributed by atoms with Crippen molar-refractivity contribution < 1.29 is 4.48 Å². The van der Waals surface area contributed by atoms with Crippen molar-refractivity contribution in [3.05, 3.63) is 58.9 Å². The molecule has 4 rings (SSSR count). The third-order valence-electron chi connectivity index (χ3n) is 7.84. The van der Waals surface area contributed by atoms with Gasteiger partial charge in [-0.25, -0.2) is 0 Å². The molecule has 24 heavy (non-hydrogen) atoms. The van der Waals surface area contributed by atoms with Crippen LogP contribution in [-0.2, 0) is 0 Å². The molecule has 0 aromatic rings. The lowest BCUT2D eigenvalue weighted by Gasteiger charge is -2.56. The Labute approximate surface area is 147 Å². The van der Waals surface area contributed by atoms with E-state index in [1.807, 2.05) is 0 Å². The monoisotopic (exact) mass is 322 g/mol. The van der Waals surface area contributed by atoms with Crippen molar-refractivity contribution in [2.24, 2.45) is 16.2 Å². The van der Waals surface area contributed by atoms with Crippen molar-refractivity contribution in [2.75, 3.05) is 13.6 Å². The van der Waals surface area contributed by atoms with Gasteiger partial charge >= 0.3 is 0 Å². The quantitative estimate of drug-likeness (QED) is 0.337. The van der Waals surface area contributed by atoms with Crippen LogP contribution in [0.2, 0.25) is 0 Å². The van der Waals surface area contributed by atoms with Crippen molar-refractivity contribution in [3.63, 3.8) is 0 Å². The molecule has 0 spiro atoms. The van der Waals surface area contributed by atoms with Crippen LogP contribution in [0.3, 0.4) is 0 Å². The Morgan fingerprint density at radius 3 is 2.38 bits per heavy atom. The zero-order valence-electron chi connectivity index (χ0n) is 16.4. The highest BCUT2D eigenvalue weighted by atomic mass is 15.5. The van der Waals surface area contributed by atoms with Crippen LogP contribution < -0.4 is 0 Å². The van der Waals surface area contributed by atoms with E-state index in [4.69, 9.17) is 0 Å². The van der Waals surface area contributed by atoms with Crippen molar-refractivity contribution in [2.45, 2.75) is 54.0 Å². The molecule has 0 aromatic carbocycles. The number of likely N-dealkylation sites (N-methyl/N-ethyl adjacent to an activating group) is 1. The Morgan fingerprint density at radius 2 is 1.75 bits per heavy atom. The molecule has 0 amide bonds. The molecule has 1 aliphatic heterocycles. The maximum Gasteiger partial charge on any atom is 0.141 e. The van der Waals surface area contributed by atoms with E-state index in [1.165, 1.54) is 17.8 Å². The molecule has 3 aliphatic carbocycles. The van der Waals surface area contributed by atoms with E-state index in [1.54, 1.807) is 11.1 Å². The summed E-state index contributed by atoms with van der Waals surface area (Å²) in [6, 6.07) is 0.739. The van der Waals surface area contributed by atoms with Gasteiger partial charge in [-0.05, 0) is 37.5 Å². The fraction of sp³-hybridized carbons (Fsp3) is 0.565. The molecule has 128 valence electrons. The summed E-state index contributed by atoms with van der Waals surface area (Å²) in [5.41, 5.74) is 6.51. The fourth-order valence-electron chi connectivity index (χ4n) is 5.61. The number of hydrogen-bond donors (Lipinski definition) is 0. The van der Waals surface area contributed by atoms with E-state index in [0.717, 1.165) is 16.9 Å². The second kappa shape index (κ2) is 4.43. The van der Waals surface area contributed by atoms with Gasteiger partial charge in [0.2, 0.25) is 0 Å². The van der Waals surface area contributed by atoms with Gasteiger partial charge in [0.25, 0.3) is 0 Å². The minimum Gasteiger partial charge on any atom is -0.282 e. The van der Waals surface area contributed by atoms with Gasteiger partial charge in [0, 0.05) is 21.8 Å². The zero-order chi connectivity index (χ0) is 17.5. The van der Waals surface area contributed by atoms with Crippen LogP contribution in [0.15, 0.2) is 58.9 Å². The van der Waals surface area contributed by atoms with Crippen LogP contribution in [0.25, 0.3) is 0 Å². The van der Waals surface area contributed by atoms with Gasteiger partial charge in [0.1, 0.15) is 18.3 Å². The predicted octanol–water partition coefficient (Wildman–Crippen LogP) is 5.54. The Morgan fingerprint density at radius 1 is 1.08 bits per heavy atom. The van der Waals surface area contributed by atoms with Gasteiger partial charge in [-0.1, -0.05) is 58.1 Å². The van der Waals surface area contributed by atoms with Gasteiger partial charge in [-0.15, -0.1) is 0 Å². The lowest BCUT2D eigenvalue weighted by atomic mass is 9.47. The molecule has 1 heterocycles. The van der Waals surface area contributed by atoms with E-state index < -0.39 is 0 Å². The first kappa shape index (κ1) is 16.1. The summed E-state index contributed by atoms with van der Waals surface area (Å²) < 4.78 is 1.09. The molecular formula is C23H32N+. The first-order valence-electron chi connectivity index (χ1n) is 9.44. The lowest BCUT2D eigenvalue weighted by Crippen LogP contribution is -2.47. The molecule has 0 bridgehead atoms. The highest BCUT2D eigenvalue weighted by molar-refractivity contribution is 5.57. The van der Waals surface area contributed by atoms with Crippen LogP contribution in [0.1, 0.15) is 48.0 Å². The molecule has 4 atom stereocenters. The standard InChI is InChI=1S/C23H32N/c1-16-15-24(16,7)19-10-11-20-21(3,4)13-14-22(5)12-8-9-18(17(19)2)23(20,22)6/h8-11,13-14,16H,12,15H2,1-7H3/q+1. The highest BCUT2D eigenvalue weighted by Gasteiger charge is 2.57. The molecule has 4 aliphatic rings. The Balaban J connectivity index is 2.03. The molecule has 1 saturated heterocycles. The van der Waals surface area contributed by atoms with E-state index in [9.17, 15) is 0 Å². The Kier molecular flexibility index (Phi) is 2.98. The van der Waals surface area contributed by atoms with E-state index >= 15 is 0 Å². The molecule has 1 heteroatoms. The SMILES string of the molecule is CC1=C2C=CCC3(C)C=CC(C)(C)C(=CC=C1[N+]1(C)CC1C)C23C. The van der Waals surface area contributed by atoms with Crippen molar-refractivity contribution in [1.82, 2.24) is 0 Å². The van der Waals surface area contributed by atoms with Gasteiger partial charge in [-0.2, -0.15) is 0 Å². The number of rotatable bonds is 1. The van der Waals surface area contributed by atoms with E-state index in [2.05, 4.69) is 85.0 Å². The Hall–Kier alpha value is -1.34. The van der Waals surface area contributed by atoms with E-state index in [-0.39, 0.29) is 16.2 Å². The number of allylic oxidation sites excluding steroid dienone is 9. The first-order chi connectivity index (χ1) is 11.1. The van der Waals surface area contributed by atoms with Crippen LogP contribution in [-0.4, -0.2) is 24.1 Å². The highest BCUT2D eigenvalue weighted by Crippen LogP contribution is 2.64. The summed E-state index contributed by atoms with van der Waals surface area (Å²) >= 11 is 0. The normalized spacial score (nSPS) is 45.4. The first-order valence-corrected chi connectivity index (χ1v) is 9.44. The second-order valence-corrected chi connectivity index (χ2v) is 9.67. The Bertz CT molecular complexity index is 772. The molecule has 4 unspecified atom stereocenters. The summed E-state index contributed by atoms with van der Waals surface area (Å²) in [7, 11) is 2.39. The summed E-state index contributed by atoms with van der Waals surface area (Å²) in [4.78, 5) is 0. The molecule has 1 nitrogen and oxygen atoms in total. The largest absolute Gasteiger partial charge is 0.282 e. The summed E-state index contributed by atoms with van der Waals surface area (Å²) in [5, 5.41) is 0.